The maximum Gasteiger partial charge on any atom is 0.332 e. The fourth-order valence-corrected chi connectivity index (χ4v) is 6.53. The average molecular weight is 510 g/mol. The maximum atomic E-state index is 13.9. The molecule has 2 fully saturated rings. The molecule has 4 heterocycles. The lowest BCUT2D eigenvalue weighted by Gasteiger charge is -2.46. The molecule has 5 rings (SSSR count). The SMILES string of the molecule is COc1ccc(OC)c(CC2(C[NH+]3C[C@H]4C[C@H](C3)c3cccc(=O)n3C4)C(=O)N(C)C(=O)N(C)C2=O)c1. The van der Waals surface area contributed by atoms with Crippen molar-refractivity contribution in [1.29, 1.82) is 0 Å². The highest BCUT2D eigenvalue weighted by Crippen LogP contribution is 2.37. The highest BCUT2D eigenvalue weighted by atomic mass is 16.5. The Balaban J connectivity index is 1.54. The predicted molar refractivity (Wildman–Crippen MR) is 134 cm³/mol. The molecular formula is C27H33N4O6+. The molecule has 2 aromatic rings. The number of pyridine rings is 1. The first-order valence-electron chi connectivity index (χ1n) is 12.5. The molecule has 1 aromatic carbocycles. The third-order valence-electron chi connectivity index (χ3n) is 8.21. The number of methoxy groups -OCH3 is 2. The number of quaternary nitrogens is 1. The fourth-order valence-electron chi connectivity index (χ4n) is 6.53. The molecule has 0 radical (unpaired) electrons. The number of hydrogen-bond donors (Lipinski definition) is 1. The van der Waals surface area contributed by atoms with E-state index in [2.05, 4.69) is 0 Å². The van der Waals surface area contributed by atoms with Crippen LogP contribution in [-0.4, -0.2) is 80.2 Å². The van der Waals surface area contributed by atoms with Crippen LogP contribution < -0.4 is 19.9 Å². The van der Waals surface area contributed by atoms with Crippen LogP contribution in [0.5, 0.6) is 11.5 Å². The first kappa shape index (κ1) is 25.0. The van der Waals surface area contributed by atoms with Crippen molar-refractivity contribution in [2.24, 2.45) is 11.3 Å². The molecule has 1 aromatic heterocycles. The van der Waals surface area contributed by atoms with Gasteiger partial charge in [-0.1, -0.05) is 6.07 Å². The van der Waals surface area contributed by atoms with Gasteiger partial charge in [-0.3, -0.25) is 24.2 Å². The van der Waals surface area contributed by atoms with Gasteiger partial charge >= 0.3 is 6.03 Å². The number of hydrogen-bond acceptors (Lipinski definition) is 6. The van der Waals surface area contributed by atoms with Gasteiger partial charge in [-0.25, -0.2) is 4.79 Å². The summed E-state index contributed by atoms with van der Waals surface area (Å²) in [5.74, 6) is 0.528. The number of imide groups is 2. The minimum Gasteiger partial charge on any atom is -0.497 e. The van der Waals surface area contributed by atoms with E-state index in [9.17, 15) is 19.2 Å². The third-order valence-corrected chi connectivity index (χ3v) is 8.21. The summed E-state index contributed by atoms with van der Waals surface area (Å²) in [7, 11) is 5.95. The van der Waals surface area contributed by atoms with Crippen LogP contribution in [0.2, 0.25) is 0 Å². The molecule has 3 aliphatic heterocycles. The van der Waals surface area contributed by atoms with Crippen molar-refractivity contribution >= 4 is 17.8 Å². The number of amides is 4. The molecule has 4 amide bonds. The van der Waals surface area contributed by atoms with Crippen molar-refractivity contribution < 1.29 is 28.8 Å². The Morgan fingerprint density at radius 2 is 1.70 bits per heavy atom. The Hall–Kier alpha value is -3.66. The van der Waals surface area contributed by atoms with E-state index in [0.717, 1.165) is 33.4 Å². The lowest BCUT2D eigenvalue weighted by Crippen LogP contribution is -3.16. The van der Waals surface area contributed by atoms with Gasteiger partial charge in [-0.15, -0.1) is 0 Å². The molecule has 10 nitrogen and oxygen atoms in total. The number of nitrogens with one attached hydrogen (secondary N) is 1. The Morgan fingerprint density at radius 1 is 0.973 bits per heavy atom. The van der Waals surface area contributed by atoms with Crippen molar-refractivity contribution in [2.45, 2.75) is 25.3 Å². The number of carbonyl (C=O) groups is 3. The molecule has 0 aliphatic carbocycles. The van der Waals surface area contributed by atoms with Crippen LogP contribution in [0.15, 0.2) is 41.2 Å². The average Bonchev–Trinajstić information content (AvgIpc) is 2.90. The van der Waals surface area contributed by atoms with Crippen LogP contribution in [0.1, 0.15) is 23.6 Å². The van der Waals surface area contributed by atoms with Crippen LogP contribution in [0.4, 0.5) is 4.79 Å². The molecule has 1 unspecified atom stereocenters. The minimum absolute atomic E-state index is 0.0108. The van der Waals surface area contributed by atoms with E-state index in [0.29, 0.717) is 30.2 Å². The largest absolute Gasteiger partial charge is 0.497 e. The van der Waals surface area contributed by atoms with Crippen LogP contribution in [-0.2, 0) is 22.6 Å². The molecule has 3 atom stereocenters. The van der Waals surface area contributed by atoms with Gasteiger partial charge in [0.1, 0.15) is 18.0 Å². The topological polar surface area (TPSA) is 103 Å². The number of nitrogens with zero attached hydrogens (tertiary/aromatic N) is 3. The summed E-state index contributed by atoms with van der Waals surface area (Å²) >= 11 is 0. The van der Waals surface area contributed by atoms with Crippen molar-refractivity contribution in [1.82, 2.24) is 14.4 Å². The fraction of sp³-hybridized carbons (Fsp3) is 0.481. The summed E-state index contributed by atoms with van der Waals surface area (Å²) in [5, 5.41) is 0. The number of benzene rings is 1. The van der Waals surface area contributed by atoms with Gasteiger partial charge in [0.2, 0.25) is 0 Å². The number of likely N-dealkylation sites (tertiary alicyclic amines) is 1. The van der Waals surface area contributed by atoms with Crippen molar-refractivity contribution in [2.75, 3.05) is 47.9 Å². The zero-order chi connectivity index (χ0) is 26.5. The monoisotopic (exact) mass is 509 g/mol. The smallest absolute Gasteiger partial charge is 0.332 e. The van der Waals surface area contributed by atoms with Gasteiger partial charge in [-0.2, -0.15) is 0 Å². The summed E-state index contributed by atoms with van der Waals surface area (Å²) in [5.41, 5.74) is 0.189. The summed E-state index contributed by atoms with van der Waals surface area (Å²) in [6, 6.07) is 10.0. The van der Waals surface area contributed by atoms with Crippen LogP contribution in [0.3, 0.4) is 0 Å². The van der Waals surface area contributed by atoms with Gasteiger partial charge in [0.05, 0.1) is 27.3 Å². The number of carbonyl (C=O) groups excluding carboxylic acids is 3. The zero-order valence-electron chi connectivity index (χ0n) is 21.7. The molecule has 2 saturated heterocycles. The summed E-state index contributed by atoms with van der Waals surface area (Å²) < 4.78 is 12.8. The molecule has 37 heavy (non-hydrogen) atoms. The number of urea groups is 1. The number of piperidine rings is 1. The zero-order valence-corrected chi connectivity index (χ0v) is 21.7. The van der Waals surface area contributed by atoms with E-state index in [1.165, 1.54) is 14.1 Å². The van der Waals surface area contributed by atoms with E-state index in [-0.39, 0.29) is 30.4 Å². The van der Waals surface area contributed by atoms with Gasteiger partial charge in [-0.05, 0) is 36.2 Å². The second kappa shape index (κ2) is 9.33. The highest BCUT2D eigenvalue weighted by molar-refractivity contribution is 6.19. The van der Waals surface area contributed by atoms with E-state index in [4.69, 9.17) is 9.47 Å². The van der Waals surface area contributed by atoms with Gasteiger partial charge in [0, 0.05) is 50.7 Å². The van der Waals surface area contributed by atoms with E-state index in [1.54, 1.807) is 44.6 Å². The second-order valence-corrected chi connectivity index (χ2v) is 10.5. The van der Waals surface area contributed by atoms with Crippen molar-refractivity contribution in [3.63, 3.8) is 0 Å². The number of rotatable bonds is 6. The summed E-state index contributed by atoms with van der Waals surface area (Å²) in [6.45, 7) is 2.29. The number of barbiturate groups is 1. The van der Waals surface area contributed by atoms with Gasteiger partial charge in [0.15, 0.2) is 5.41 Å². The molecule has 0 spiro atoms. The predicted octanol–water partition coefficient (Wildman–Crippen LogP) is 0.147. The Kier molecular flexibility index (Phi) is 6.31. The number of ether oxygens (including phenoxy) is 2. The molecule has 0 saturated carbocycles. The molecular weight excluding hydrogens is 476 g/mol. The first-order chi connectivity index (χ1) is 17.7. The first-order valence-corrected chi connectivity index (χ1v) is 12.5. The normalized spacial score (nSPS) is 24.6. The van der Waals surface area contributed by atoms with Crippen molar-refractivity contribution in [3.05, 3.63) is 58.0 Å². The quantitative estimate of drug-likeness (QED) is 0.556. The third kappa shape index (κ3) is 4.09. The molecule has 196 valence electrons. The standard InChI is InChI=1S/C27H32N4O6/c1-28-24(33)27(25(34)29(2)26(28)35,12-18-11-20(36-3)8-9-22(18)37-4)16-30-13-17-10-19(15-30)21-6-5-7-23(32)31(21)14-17/h5-9,11,17,19H,10,12-16H2,1-4H3/p+1/t17-,19-/m1/s1. The molecule has 3 aliphatic rings. The number of aromatic nitrogens is 1. The maximum absolute atomic E-state index is 13.9. The number of fused-ring (bicyclic) bond motifs is 4. The molecule has 10 heteroatoms. The second-order valence-electron chi connectivity index (χ2n) is 10.5. The highest BCUT2D eigenvalue weighted by Gasteiger charge is 2.58. The summed E-state index contributed by atoms with van der Waals surface area (Å²) in [6.07, 6.45) is 1.05. The Labute approximate surface area is 215 Å². The van der Waals surface area contributed by atoms with E-state index in [1.807, 2.05) is 10.6 Å². The molecule has 1 N–H and O–H groups in total. The lowest BCUT2D eigenvalue weighted by molar-refractivity contribution is -0.915. The summed E-state index contributed by atoms with van der Waals surface area (Å²) in [4.78, 5) is 56.0. The van der Waals surface area contributed by atoms with Crippen LogP contribution in [0.25, 0.3) is 0 Å². The Bertz CT molecular complexity index is 1300. The minimum atomic E-state index is -1.49. The van der Waals surface area contributed by atoms with Gasteiger partial charge in [0.25, 0.3) is 17.4 Å². The van der Waals surface area contributed by atoms with E-state index < -0.39 is 23.3 Å². The van der Waals surface area contributed by atoms with Crippen molar-refractivity contribution in [3.8, 4) is 11.5 Å². The lowest BCUT2D eigenvalue weighted by atomic mass is 9.75. The van der Waals surface area contributed by atoms with Crippen LogP contribution >= 0.6 is 0 Å². The van der Waals surface area contributed by atoms with Crippen LogP contribution in [0, 0.1) is 11.3 Å². The van der Waals surface area contributed by atoms with E-state index >= 15 is 0 Å². The van der Waals surface area contributed by atoms with Gasteiger partial charge < -0.3 is 18.9 Å². The molecule has 2 bridgehead atoms. The Morgan fingerprint density at radius 3 is 2.38 bits per heavy atom.